The summed E-state index contributed by atoms with van der Waals surface area (Å²) in [5, 5.41) is 0. The zero-order valence-electron chi connectivity index (χ0n) is 10.2. The molecule has 3 nitrogen and oxygen atoms in total. The summed E-state index contributed by atoms with van der Waals surface area (Å²) in [6, 6.07) is 0.132. The van der Waals surface area contributed by atoms with Gasteiger partial charge in [-0.3, -0.25) is 11.3 Å². The van der Waals surface area contributed by atoms with Gasteiger partial charge in [-0.15, -0.1) is 0 Å². The average Bonchev–Trinajstić information content (AvgIpc) is 2.26. The summed E-state index contributed by atoms with van der Waals surface area (Å²) in [6.45, 7) is 4.19. The molecule has 1 aliphatic rings. The number of nitrogens with two attached hydrogens (primary N) is 1. The van der Waals surface area contributed by atoms with E-state index in [0.29, 0.717) is 0 Å². The third kappa shape index (κ3) is 3.03. The standard InChI is InChI=1S/C12H24N2O/c1-10(2)9-11(14-13)12(15-3)7-5-4-6-8-12/h9,11,14H,4-8,13H2,1-3H3. The van der Waals surface area contributed by atoms with Crippen LogP contribution in [-0.4, -0.2) is 18.8 Å². The minimum absolute atomic E-state index is 0.0930. The second kappa shape index (κ2) is 5.64. The Morgan fingerprint density at radius 3 is 2.33 bits per heavy atom. The molecule has 0 aromatic rings. The van der Waals surface area contributed by atoms with E-state index in [2.05, 4.69) is 25.3 Å². The van der Waals surface area contributed by atoms with Crippen molar-refractivity contribution >= 4 is 0 Å². The molecule has 0 radical (unpaired) electrons. The average molecular weight is 212 g/mol. The van der Waals surface area contributed by atoms with Crippen molar-refractivity contribution in [1.82, 2.24) is 5.43 Å². The number of rotatable bonds is 4. The molecule has 0 aromatic heterocycles. The Kier molecular flexibility index (Phi) is 4.77. The molecule has 3 N–H and O–H groups in total. The van der Waals surface area contributed by atoms with Crippen molar-refractivity contribution in [2.45, 2.75) is 57.6 Å². The van der Waals surface area contributed by atoms with Gasteiger partial charge in [-0.1, -0.05) is 30.9 Å². The molecule has 3 heteroatoms. The minimum atomic E-state index is -0.0930. The van der Waals surface area contributed by atoms with Gasteiger partial charge < -0.3 is 4.74 Å². The first-order valence-corrected chi connectivity index (χ1v) is 5.81. The maximum absolute atomic E-state index is 5.75. The van der Waals surface area contributed by atoms with Crippen molar-refractivity contribution in [3.05, 3.63) is 11.6 Å². The highest BCUT2D eigenvalue weighted by Gasteiger charge is 2.38. The second-order valence-electron chi connectivity index (χ2n) is 4.72. The van der Waals surface area contributed by atoms with Crippen LogP contribution in [0.3, 0.4) is 0 Å². The van der Waals surface area contributed by atoms with Crippen molar-refractivity contribution < 1.29 is 4.74 Å². The molecule has 1 fully saturated rings. The van der Waals surface area contributed by atoms with E-state index in [1.165, 1.54) is 24.8 Å². The van der Waals surface area contributed by atoms with Gasteiger partial charge in [0.15, 0.2) is 0 Å². The van der Waals surface area contributed by atoms with E-state index in [1.807, 2.05) is 0 Å². The maximum Gasteiger partial charge on any atom is 0.0879 e. The van der Waals surface area contributed by atoms with E-state index in [-0.39, 0.29) is 11.6 Å². The van der Waals surface area contributed by atoms with Gasteiger partial charge in [-0.25, -0.2) is 0 Å². The molecule has 88 valence electrons. The summed E-state index contributed by atoms with van der Waals surface area (Å²) in [5.74, 6) is 5.64. The predicted molar refractivity (Wildman–Crippen MR) is 63.4 cm³/mol. The van der Waals surface area contributed by atoms with E-state index in [4.69, 9.17) is 10.6 Å². The van der Waals surface area contributed by atoms with Gasteiger partial charge in [-0.05, 0) is 26.7 Å². The van der Waals surface area contributed by atoms with Crippen LogP contribution in [0.15, 0.2) is 11.6 Å². The Balaban J connectivity index is 2.80. The molecular weight excluding hydrogens is 188 g/mol. The molecule has 0 aromatic carbocycles. The summed E-state index contributed by atoms with van der Waals surface area (Å²) >= 11 is 0. The molecule has 1 atom stereocenters. The van der Waals surface area contributed by atoms with Crippen LogP contribution in [0.25, 0.3) is 0 Å². The second-order valence-corrected chi connectivity index (χ2v) is 4.72. The first kappa shape index (κ1) is 12.7. The Labute approximate surface area is 93.0 Å². The summed E-state index contributed by atoms with van der Waals surface area (Å²) in [7, 11) is 1.80. The molecule has 1 rings (SSSR count). The van der Waals surface area contributed by atoms with Gasteiger partial charge in [0, 0.05) is 7.11 Å². The first-order chi connectivity index (χ1) is 7.14. The molecule has 0 amide bonds. The van der Waals surface area contributed by atoms with Crippen molar-refractivity contribution in [3.8, 4) is 0 Å². The van der Waals surface area contributed by atoms with Gasteiger partial charge in [-0.2, -0.15) is 0 Å². The highest BCUT2D eigenvalue weighted by Crippen LogP contribution is 2.34. The predicted octanol–water partition coefficient (Wildman–Crippen LogP) is 2.13. The van der Waals surface area contributed by atoms with E-state index in [9.17, 15) is 0 Å². The summed E-state index contributed by atoms with van der Waals surface area (Å²) in [6.07, 6.45) is 8.17. The van der Waals surface area contributed by atoms with Crippen molar-refractivity contribution in [2.24, 2.45) is 5.84 Å². The molecule has 0 spiro atoms. The minimum Gasteiger partial charge on any atom is -0.376 e. The van der Waals surface area contributed by atoms with Crippen molar-refractivity contribution in [3.63, 3.8) is 0 Å². The van der Waals surface area contributed by atoms with Crippen molar-refractivity contribution in [1.29, 1.82) is 0 Å². The lowest BCUT2D eigenvalue weighted by Gasteiger charge is -2.41. The molecule has 1 aliphatic carbocycles. The summed E-state index contributed by atoms with van der Waals surface area (Å²) in [4.78, 5) is 0. The zero-order chi connectivity index (χ0) is 11.3. The quantitative estimate of drug-likeness (QED) is 0.426. The van der Waals surface area contributed by atoms with E-state index < -0.39 is 0 Å². The van der Waals surface area contributed by atoms with Gasteiger partial charge in [0.2, 0.25) is 0 Å². The Bertz CT molecular complexity index is 216. The van der Waals surface area contributed by atoms with Crippen LogP contribution in [0, 0.1) is 0 Å². The number of hydrogen-bond acceptors (Lipinski definition) is 3. The lowest BCUT2D eigenvalue weighted by Crippen LogP contribution is -2.54. The Hall–Kier alpha value is -0.380. The van der Waals surface area contributed by atoms with Crippen LogP contribution in [0.4, 0.5) is 0 Å². The van der Waals surface area contributed by atoms with Gasteiger partial charge in [0.05, 0.1) is 11.6 Å². The monoisotopic (exact) mass is 212 g/mol. The van der Waals surface area contributed by atoms with Crippen LogP contribution in [0.5, 0.6) is 0 Å². The number of hydrogen-bond donors (Lipinski definition) is 2. The van der Waals surface area contributed by atoms with E-state index in [0.717, 1.165) is 12.8 Å². The lowest BCUT2D eigenvalue weighted by atomic mass is 9.79. The molecule has 1 saturated carbocycles. The molecule has 0 saturated heterocycles. The van der Waals surface area contributed by atoms with Gasteiger partial charge in [0.25, 0.3) is 0 Å². The molecular formula is C12H24N2O. The van der Waals surface area contributed by atoms with Gasteiger partial charge >= 0.3 is 0 Å². The number of allylic oxidation sites excluding steroid dienone is 1. The Morgan fingerprint density at radius 1 is 1.33 bits per heavy atom. The largest absolute Gasteiger partial charge is 0.376 e. The highest BCUT2D eigenvalue weighted by molar-refractivity contribution is 5.10. The number of methoxy groups -OCH3 is 1. The SMILES string of the molecule is COC1(C(C=C(C)C)NN)CCCCC1. The fraction of sp³-hybridized carbons (Fsp3) is 0.833. The van der Waals surface area contributed by atoms with Crippen LogP contribution in [0.1, 0.15) is 46.0 Å². The molecule has 0 bridgehead atoms. The topological polar surface area (TPSA) is 47.3 Å². The normalized spacial score (nSPS) is 22.1. The highest BCUT2D eigenvalue weighted by atomic mass is 16.5. The summed E-state index contributed by atoms with van der Waals surface area (Å²) < 4.78 is 5.75. The van der Waals surface area contributed by atoms with Crippen LogP contribution in [0.2, 0.25) is 0 Å². The molecule has 0 aliphatic heterocycles. The number of nitrogens with one attached hydrogen (secondary N) is 1. The fourth-order valence-corrected chi connectivity index (χ4v) is 2.48. The van der Waals surface area contributed by atoms with Crippen molar-refractivity contribution in [2.75, 3.05) is 7.11 Å². The van der Waals surface area contributed by atoms with E-state index in [1.54, 1.807) is 7.11 Å². The number of hydrazine groups is 1. The van der Waals surface area contributed by atoms with Gasteiger partial charge in [0.1, 0.15) is 0 Å². The maximum atomic E-state index is 5.75. The zero-order valence-corrected chi connectivity index (χ0v) is 10.2. The molecule has 0 heterocycles. The van der Waals surface area contributed by atoms with Crippen LogP contribution >= 0.6 is 0 Å². The first-order valence-electron chi connectivity index (χ1n) is 5.81. The number of ether oxygens (including phenoxy) is 1. The van der Waals surface area contributed by atoms with Crippen LogP contribution in [-0.2, 0) is 4.74 Å². The third-order valence-corrected chi connectivity index (χ3v) is 3.35. The smallest absolute Gasteiger partial charge is 0.0879 e. The lowest BCUT2D eigenvalue weighted by molar-refractivity contribution is -0.0562. The van der Waals surface area contributed by atoms with Crippen LogP contribution < -0.4 is 11.3 Å². The van der Waals surface area contributed by atoms with E-state index >= 15 is 0 Å². The Morgan fingerprint density at radius 2 is 1.93 bits per heavy atom. The molecule has 1 unspecified atom stereocenters. The molecule has 15 heavy (non-hydrogen) atoms. The summed E-state index contributed by atoms with van der Waals surface area (Å²) in [5.41, 5.74) is 4.08. The third-order valence-electron chi connectivity index (χ3n) is 3.35. The fourth-order valence-electron chi connectivity index (χ4n) is 2.48.